The van der Waals surface area contributed by atoms with Gasteiger partial charge in [-0.2, -0.15) is 0 Å². The normalized spacial score (nSPS) is 20.7. The molecule has 0 saturated heterocycles. The van der Waals surface area contributed by atoms with Gasteiger partial charge in [-0.1, -0.05) is 6.92 Å². The summed E-state index contributed by atoms with van der Waals surface area (Å²) in [5.74, 6) is 0. The molecule has 1 saturated carbocycles. The molecule has 0 heterocycles. The summed E-state index contributed by atoms with van der Waals surface area (Å²) in [6, 6.07) is 0.636. The molecule has 0 amide bonds. The minimum atomic E-state index is 0.212. The van der Waals surface area contributed by atoms with Crippen LogP contribution in [0.1, 0.15) is 53.4 Å². The van der Waals surface area contributed by atoms with Gasteiger partial charge in [0.05, 0.1) is 0 Å². The first-order valence-electron chi connectivity index (χ1n) is 7.83. The number of hydrogen-bond donors (Lipinski definition) is 1. The molecule has 0 spiro atoms. The van der Waals surface area contributed by atoms with E-state index in [1.807, 2.05) is 0 Å². The summed E-state index contributed by atoms with van der Waals surface area (Å²) in [6.45, 7) is 11.3. The van der Waals surface area contributed by atoms with E-state index in [1.54, 1.807) is 0 Å². The molecule has 0 bridgehead atoms. The minimum Gasteiger partial charge on any atom is -0.311 e. The van der Waals surface area contributed by atoms with E-state index in [1.165, 1.54) is 32.2 Å². The van der Waals surface area contributed by atoms with E-state index >= 15 is 0 Å². The van der Waals surface area contributed by atoms with Crippen LogP contribution in [-0.2, 0) is 0 Å². The Labute approximate surface area is 120 Å². The summed E-state index contributed by atoms with van der Waals surface area (Å²) < 4.78 is 0. The molecule has 1 rings (SSSR count). The number of likely N-dealkylation sites (N-methyl/N-ethyl adjacent to an activating group) is 2. The van der Waals surface area contributed by atoms with Crippen molar-refractivity contribution in [3.63, 3.8) is 0 Å². The van der Waals surface area contributed by atoms with Crippen LogP contribution >= 0.6 is 0 Å². The Hall–Kier alpha value is -0.120. The molecule has 1 aliphatic carbocycles. The lowest BCUT2D eigenvalue weighted by Gasteiger charge is -2.50. The van der Waals surface area contributed by atoms with Crippen molar-refractivity contribution < 1.29 is 0 Å². The Kier molecular flexibility index (Phi) is 5.84. The van der Waals surface area contributed by atoms with Gasteiger partial charge in [-0.3, -0.25) is 0 Å². The summed E-state index contributed by atoms with van der Waals surface area (Å²) in [5.41, 5.74) is 0.647. The van der Waals surface area contributed by atoms with Gasteiger partial charge in [0.2, 0.25) is 0 Å². The van der Waals surface area contributed by atoms with Crippen molar-refractivity contribution in [1.82, 2.24) is 15.1 Å². The van der Waals surface area contributed by atoms with E-state index in [2.05, 4.69) is 64.0 Å². The topological polar surface area (TPSA) is 18.5 Å². The van der Waals surface area contributed by atoms with Crippen LogP contribution in [0, 0.1) is 0 Å². The molecule has 0 radical (unpaired) electrons. The highest BCUT2D eigenvalue weighted by atomic mass is 15.2. The zero-order valence-corrected chi connectivity index (χ0v) is 14.2. The monoisotopic (exact) mass is 269 g/mol. The van der Waals surface area contributed by atoms with Crippen LogP contribution in [0.15, 0.2) is 0 Å². The lowest BCUT2D eigenvalue weighted by Crippen LogP contribution is -2.59. The molecule has 114 valence electrons. The van der Waals surface area contributed by atoms with Crippen molar-refractivity contribution in [2.24, 2.45) is 0 Å². The lowest BCUT2D eigenvalue weighted by molar-refractivity contribution is 0.0149. The summed E-state index contributed by atoms with van der Waals surface area (Å²) in [7, 11) is 6.77. The Morgan fingerprint density at radius 3 is 2.05 bits per heavy atom. The standard InChI is InChI=1S/C16H35N3/c1-8-14(12-17-15(2,3)4)19(7)13-16(18(5)6)10-9-11-16/h14,17H,8-13H2,1-7H3. The van der Waals surface area contributed by atoms with E-state index in [4.69, 9.17) is 0 Å². The number of rotatable bonds is 7. The molecule has 0 aromatic rings. The van der Waals surface area contributed by atoms with E-state index in [9.17, 15) is 0 Å². The smallest absolute Gasteiger partial charge is 0.0330 e. The fourth-order valence-electron chi connectivity index (χ4n) is 2.96. The predicted molar refractivity (Wildman–Crippen MR) is 84.7 cm³/mol. The zero-order valence-electron chi connectivity index (χ0n) is 14.2. The van der Waals surface area contributed by atoms with Gasteiger partial charge in [0.15, 0.2) is 0 Å². The Morgan fingerprint density at radius 1 is 1.16 bits per heavy atom. The highest BCUT2D eigenvalue weighted by molar-refractivity contribution is 4.98. The van der Waals surface area contributed by atoms with Crippen LogP contribution in [0.4, 0.5) is 0 Å². The maximum atomic E-state index is 3.65. The highest BCUT2D eigenvalue weighted by Gasteiger charge is 2.40. The van der Waals surface area contributed by atoms with Crippen molar-refractivity contribution in [2.75, 3.05) is 34.2 Å². The summed E-state index contributed by atoms with van der Waals surface area (Å²) in [5, 5.41) is 3.65. The largest absolute Gasteiger partial charge is 0.311 e. The second-order valence-corrected chi connectivity index (χ2v) is 7.58. The number of nitrogens with one attached hydrogen (secondary N) is 1. The SMILES string of the molecule is CCC(CNC(C)(C)C)N(C)CC1(N(C)C)CCC1. The average Bonchev–Trinajstić information content (AvgIpc) is 2.22. The maximum Gasteiger partial charge on any atom is 0.0330 e. The van der Waals surface area contributed by atoms with Crippen molar-refractivity contribution in [3.8, 4) is 0 Å². The second-order valence-electron chi connectivity index (χ2n) is 7.58. The zero-order chi connectivity index (χ0) is 14.7. The second kappa shape index (κ2) is 6.55. The van der Waals surface area contributed by atoms with Crippen molar-refractivity contribution >= 4 is 0 Å². The molecule has 0 aromatic heterocycles. The molecule has 1 N–H and O–H groups in total. The van der Waals surface area contributed by atoms with Crippen LogP contribution in [0.25, 0.3) is 0 Å². The molecule has 1 unspecified atom stereocenters. The number of hydrogen-bond acceptors (Lipinski definition) is 3. The van der Waals surface area contributed by atoms with E-state index in [0.717, 1.165) is 6.54 Å². The molecule has 19 heavy (non-hydrogen) atoms. The van der Waals surface area contributed by atoms with Crippen LogP contribution in [-0.4, -0.2) is 61.2 Å². The van der Waals surface area contributed by atoms with Crippen LogP contribution in [0.3, 0.4) is 0 Å². The van der Waals surface area contributed by atoms with Gasteiger partial charge in [-0.05, 0) is 67.6 Å². The molecule has 3 nitrogen and oxygen atoms in total. The first kappa shape index (κ1) is 16.9. The molecule has 0 aromatic carbocycles. The summed E-state index contributed by atoms with van der Waals surface area (Å²) in [4.78, 5) is 5.01. The van der Waals surface area contributed by atoms with Gasteiger partial charge in [-0.25, -0.2) is 0 Å². The molecular weight excluding hydrogens is 234 g/mol. The molecule has 1 aliphatic rings. The van der Waals surface area contributed by atoms with E-state index in [-0.39, 0.29) is 5.54 Å². The third kappa shape index (κ3) is 4.73. The quantitative estimate of drug-likeness (QED) is 0.766. The van der Waals surface area contributed by atoms with Crippen LogP contribution < -0.4 is 5.32 Å². The van der Waals surface area contributed by atoms with Gasteiger partial charge in [-0.15, -0.1) is 0 Å². The first-order chi connectivity index (χ1) is 8.70. The molecule has 1 atom stereocenters. The Morgan fingerprint density at radius 2 is 1.74 bits per heavy atom. The molecular formula is C16H35N3. The molecule has 3 heteroatoms. The third-order valence-corrected chi connectivity index (χ3v) is 4.74. The fraction of sp³-hybridized carbons (Fsp3) is 1.00. The van der Waals surface area contributed by atoms with Gasteiger partial charge in [0, 0.05) is 30.2 Å². The predicted octanol–water partition coefficient (Wildman–Crippen LogP) is 2.57. The van der Waals surface area contributed by atoms with Gasteiger partial charge in [0.1, 0.15) is 0 Å². The first-order valence-corrected chi connectivity index (χ1v) is 7.83. The van der Waals surface area contributed by atoms with E-state index < -0.39 is 0 Å². The van der Waals surface area contributed by atoms with Gasteiger partial charge >= 0.3 is 0 Å². The molecule has 1 fully saturated rings. The van der Waals surface area contributed by atoms with Crippen molar-refractivity contribution in [2.45, 2.75) is 70.5 Å². The molecule has 0 aliphatic heterocycles. The van der Waals surface area contributed by atoms with Crippen molar-refractivity contribution in [1.29, 1.82) is 0 Å². The fourth-order valence-corrected chi connectivity index (χ4v) is 2.96. The highest BCUT2D eigenvalue weighted by Crippen LogP contribution is 2.37. The Bertz CT molecular complexity index is 264. The number of nitrogens with zero attached hydrogens (tertiary/aromatic N) is 2. The summed E-state index contributed by atoms with van der Waals surface area (Å²) >= 11 is 0. The summed E-state index contributed by atoms with van der Waals surface area (Å²) in [6.07, 6.45) is 5.31. The van der Waals surface area contributed by atoms with Gasteiger partial charge in [0.25, 0.3) is 0 Å². The minimum absolute atomic E-state index is 0.212. The van der Waals surface area contributed by atoms with Crippen LogP contribution in [0.5, 0.6) is 0 Å². The Balaban J connectivity index is 2.51. The average molecular weight is 269 g/mol. The van der Waals surface area contributed by atoms with Crippen LogP contribution in [0.2, 0.25) is 0 Å². The van der Waals surface area contributed by atoms with Gasteiger partial charge < -0.3 is 15.1 Å². The third-order valence-electron chi connectivity index (χ3n) is 4.74. The maximum absolute atomic E-state index is 3.65. The lowest BCUT2D eigenvalue weighted by atomic mass is 9.75. The van der Waals surface area contributed by atoms with E-state index in [0.29, 0.717) is 11.6 Å². The van der Waals surface area contributed by atoms with Crippen molar-refractivity contribution in [3.05, 3.63) is 0 Å².